The Labute approximate surface area is 247 Å². The van der Waals surface area contributed by atoms with Gasteiger partial charge in [-0.05, 0) is 75.6 Å². The number of carbonyl (C=O) groups is 3. The summed E-state index contributed by atoms with van der Waals surface area (Å²) in [5.74, 6) is -0.388. The summed E-state index contributed by atoms with van der Waals surface area (Å²) < 4.78 is 5.51. The topological polar surface area (TPSA) is 87.7 Å². The summed E-state index contributed by atoms with van der Waals surface area (Å²) in [6.07, 6.45) is 3.59. The van der Waals surface area contributed by atoms with Gasteiger partial charge >= 0.3 is 6.09 Å². The molecule has 0 aliphatic heterocycles. The molecule has 0 aromatic heterocycles. The smallest absolute Gasteiger partial charge is 0.408 e. The van der Waals surface area contributed by atoms with Gasteiger partial charge in [-0.3, -0.25) is 9.59 Å². The molecule has 0 saturated heterocycles. The number of amides is 3. The van der Waals surface area contributed by atoms with Crippen LogP contribution in [0.2, 0.25) is 0 Å². The molecular weight excluding hydrogens is 514 g/mol. The minimum atomic E-state index is -0.845. The highest BCUT2D eigenvalue weighted by Crippen LogP contribution is 2.29. The van der Waals surface area contributed by atoms with Crippen molar-refractivity contribution in [1.29, 1.82) is 0 Å². The summed E-state index contributed by atoms with van der Waals surface area (Å²) in [6, 6.07) is 13.9. The first kappa shape index (κ1) is 33.9. The lowest BCUT2D eigenvalue weighted by Crippen LogP contribution is -2.53. The van der Waals surface area contributed by atoms with Crippen LogP contribution < -0.4 is 10.6 Å². The van der Waals surface area contributed by atoms with Gasteiger partial charge in [0, 0.05) is 13.1 Å². The molecule has 2 aromatic carbocycles. The predicted octanol–water partition coefficient (Wildman–Crippen LogP) is 7.01. The van der Waals surface area contributed by atoms with Gasteiger partial charge in [-0.25, -0.2) is 4.79 Å². The third-order valence-electron chi connectivity index (χ3n) is 7.04. The summed E-state index contributed by atoms with van der Waals surface area (Å²) in [7, 11) is 0. The van der Waals surface area contributed by atoms with E-state index in [9.17, 15) is 14.4 Å². The van der Waals surface area contributed by atoms with Crippen molar-refractivity contribution in [3.8, 4) is 0 Å². The van der Waals surface area contributed by atoms with E-state index in [0.29, 0.717) is 19.5 Å². The van der Waals surface area contributed by atoms with Crippen LogP contribution >= 0.6 is 0 Å². The van der Waals surface area contributed by atoms with Crippen LogP contribution in [0.1, 0.15) is 102 Å². The molecular formula is C34H51N3O4. The van der Waals surface area contributed by atoms with Gasteiger partial charge in [0.15, 0.2) is 0 Å². The van der Waals surface area contributed by atoms with E-state index < -0.39 is 23.8 Å². The molecule has 226 valence electrons. The van der Waals surface area contributed by atoms with Gasteiger partial charge in [0.25, 0.3) is 0 Å². The van der Waals surface area contributed by atoms with E-state index in [1.807, 2.05) is 76.2 Å². The lowest BCUT2D eigenvalue weighted by Gasteiger charge is -2.36. The third-order valence-corrected chi connectivity index (χ3v) is 7.04. The number of nitrogens with one attached hydrogen (secondary N) is 2. The highest BCUT2D eigenvalue weighted by atomic mass is 16.6. The van der Waals surface area contributed by atoms with Crippen LogP contribution in [0.25, 0.3) is 0 Å². The Morgan fingerprint density at radius 3 is 2.22 bits per heavy atom. The van der Waals surface area contributed by atoms with Crippen molar-refractivity contribution in [1.82, 2.24) is 15.5 Å². The molecule has 7 heteroatoms. The number of rotatable bonds is 14. The average Bonchev–Trinajstić information content (AvgIpc) is 2.89. The molecule has 7 nitrogen and oxygen atoms in total. The van der Waals surface area contributed by atoms with E-state index in [1.54, 1.807) is 25.7 Å². The number of nitrogens with zero attached hydrogens (tertiary/aromatic N) is 1. The van der Waals surface area contributed by atoms with Gasteiger partial charge < -0.3 is 20.3 Å². The first-order valence-corrected chi connectivity index (χ1v) is 15.0. The highest BCUT2D eigenvalue weighted by Gasteiger charge is 2.37. The Balaban J connectivity index is 2.53. The summed E-state index contributed by atoms with van der Waals surface area (Å²) in [6.45, 7) is 16.3. The van der Waals surface area contributed by atoms with Crippen molar-refractivity contribution in [3.05, 3.63) is 70.8 Å². The molecule has 2 N–H and O–H groups in total. The van der Waals surface area contributed by atoms with E-state index in [0.717, 1.165) is 47.9 Å². The molecule has 2 unspecified atom stereocenters. The molecule has 0 heterocycles. The number of ether oxygens (including phenoxy) is 1. The second kappa shape index (κ2) is 16.2. The van der Waals surface area contributed by atoms with E-state index >= 15 is 0 Å². The summed E-state index contributed by atoms with van der Waals surface area (Å²) >= 11 is 0. The fourth-order valence-electron chi connectivity index (χ4n) is 4.82. The van der Waals surface area contributed by atoms with Crippen LogP contribution in [-0.4, -0.2) is 41.0 Å². The monoisotopic (exact) mass is 565 g/mol. The highest BCUT2D eigenvalue weighted by molar-refractivity contribution is 5.92. The van der Waals surface area contributed by atoms with Gasteiger partial charge in [0.1, 0.15) is 17.7 Å². The standard InChI is InChI=1S/C34H51N3O4/c1-9-10-11-15-21-37(32(39)29(22-24(2)3)36-33(40)41-34(6,7)8)30(28-20-16-17-25(4)26(28)5)31(38)35-23-27-18-13-12-14-19-27/h12-14,16-20,24,29-30H,9-11,15,21-23H2,1-8H3,(H,35,38)(H,36,40). The van der Waals surface area contributed by atoms with Crippen LogP contribution in [0.15, 0.2) is 48.5 Å². The maximum atomic E-state index is 14.4. The number of unbranched alkanes of at least 4 members (excludes halogenated alkanes) is 3. The third kappa shape index (κ3) is 11.2. The van der Waals surface area contributed by atoms with Crippen molar-refractivity contribution < 1.29 is 19.1 Å². The minimum Gasteiger partial charge on any atom is -0.444 e. The number of alkyl carbamates (subject to hydrolysis) is 1. The first-order chi connectivity index (χ1) is 19.3. The Morgan fingerprint density at radius 1 is 0.927 bits per heavy atom. The largest absolute Gasteiger partial charge is 0.444 e. The molecule has 0 spiro atoms. The fraction of sp³-hybridized carbons (Fsp3) is 0.559. The number of carbonyl (C=O) groups excluding carboxylic acids is 3. The predicted molar refractivity (Wildman–Crippen MR) is 165 cm³/mol. The first-order valence-electron chi connectivity index (χ1n) is 15.0. The van der Waals surface area contributed by atoms with Crippen LogP contribution in [0.3, 0.4) is 0 Å². The van der Waals surface area contributed by atoms with E-state index in [4.69, 9.17) is 4.74 Å². The number of hydrogen-bond acceptors (Lipinski definition) is 4. The van der Waals surface area contributed by atoms with Crippen molar-refractivity contribution in [2.45, 2.75) is 112 Å². The van der Waals surface area contributed by atoms with Gasteiger partial charge in [0.05, 0.1) is 0 Å². The van der Waals surface area contributed by atoms with Gasteiger partial charge in [-0.2, -0.15) is 0 Å². The zero-order chi connectivity index (χ0) is 30.6. The number of aryl methyl sites for hydroxylation is 1. The molecule has 0 aliphatic carbocycles. The van der Waals surface area contributed by atoms with E-state index in [2.05, 4.69) is 17.6 Å². The van der Waals surface area contributed by atoms with Crippen LogP contribution in [0.4, 0.5) is 4.79 Å². The SMILES string of the molecule is CCCCCCN(C(=O)C(CC(C)C)NC(=O)OC(C)(C)C)C(C(=O)NCc1ccccc1)c1cccc(C)c1C. The zero-order valence-corrected chi connectivity index (χ0v) is 26.4. The molecule has 2 atom stereocenters. The molecule has 3 amide bonds. The lowest BCUT2D eigenvalue weighted by atomic mass is 9.94. The number of hydrogen-bond donors (Lipinski definition) is 2. The maximum Gasteiger partial charge on any atom is 0.408 e. The van der Waals surface area contributed by atoms with Gasteiger partial charge in [0.2, 0.25) is 11.8 Å². The molecule has 0 bridgehead atoms. The normalized spacial score (nSPS) is 12.9. The van der Waals surface area contributed by atoms with Crippen molar-refractivity contribution in [2.75, 3.05) is 6.54 Å². The van der Waals surface area contributed by atoms with Crippen molar-refractivity contribution in [2.24, 2.45) is 5.92 Å². The Morgan fingerprint density at radius 2 is 1.61 bits per heavy atom. The second-order valence-corrected chi connectivity index (χ2v) is 12.3. The summed E-state index contributed by atoms with van der Waals surface area (Å²) in [4.78, 5) is 43.0. The van der Waals surface area contributed by atoms with Crippen LogP contribution in [0, 0.1) is 19.8 Å². The van der Waals surface area contributed by atoms with Crippen molar-refractivity contribution in [3.63, 3.8) is 0 Å². The van der Waals surface area contributed by atoms with E-state index in [-0.39, 0.29) is 17.7 Å². The quantitative estimate of drug-likeness (QED) is 0.241. The maximum absolute atomic E-state index is 14.4. The van der Waals surface area contributed by atoms with Gasteiger partial charge in [-0.15, -0.1) is 0 Å². The second-order valence-electron chi connectivity index (χ2n) is 12.3. The average molecular weight is 566 g/mol. The molecule has 0 fully saturated rings. The summed E-state index contributed by atoms with van der Waals surface area (Å²) in [5.41, 5.74) is 3.09. The molecule has 0 radical (unpaired) electrons. The number of benzene rings is 2. The van der Waals surface area contributed by atoms with Crippen LogP contribution in [-0.2, 0) is 20.9 Å². The minimum absolute atomic E-state index is 0.131. The molecule has 0 aliphatic rings. The Kier molecular flexibility index (Phi) is 13.4. The summed E-state index contributed by atoms with van der Waals surface area (Å²) in [5, 5.41) is 5.92. The van der Waals surface area contributed by atoms with E-state index in [1.165, 1.54) is 0 Å². The zero-order valence-electron chi connectivity index (χ0n) is 26.4. The Hall–Kier alpha value is -3.35. The van der Waals surface area contributed by atoms with Gasteiger partial charge in [-0.1, -0.05) is 88.6 Å². The Bertz CT molecular complexity index is 1120. The molecule has 41 heavy (non-hydrogen) atoms. The van der Waals surface area contributed by atoms with Crippen LogP contribution in [0.5, 0.6) is 0 Å². The fourth-order valence-corrected chi connectivity index (χ4v) is 4.82. The molecule has 2 aromatic rings. The molecule has 0 saturated carbocycles. The molecule has 2 rings (SSSR count). The lowest BCUT2D eigenvalue weighted by molar-refractivity contribution is -0.143. The van der Waals surface area contributed by atoms with Crippen molar-refractivity contribution >= 4 is 17.9 Å².